The number of benzene rings is 1. The maximum Gasteiger partial charge on any atom is 0.508 e. The topological polar surface area (TPSA) is 140 Å². The van der Waals surface area contributed by atoms with Crippen molar-refractivity contribution in [3.63, 3.8) is 0 Å². The molecule has 0 aliphatic carbocycles. The van der Waals surface area contributed by atoms with Crippen molar-refractivity contribution < 1.29 is 42.9 Å². The highest BCUT2D eigenvalue weighted by molar-refractivity contribution is 5.81. The molecule has 0 fully saturated rings. The van der Waals surface area contributed by atoms with Crippen molar-refractivity contribution in [2.45, 2.75) is 80.4 Å². The van der Waals surface area contributed by atoms with E-state index in [2.05, 4.69) is 0 Å². The second kappa shape index (κ2) is 13.2. The lowest BCUT2D eigenvalue weighted by molar-refractivity contribution is -0.148. The highest BCUT2D eigenvalue weighted by atomic mass is 16.7. The lowest BCUT2D eigenvalue weighted by Crippen LogP contribution is -2.36. The molecular weight excluding hydrogens is 470 g/mol. The molecule has 1 aromatic carbocycles. The maximum atomic E-state index is 12.5. The standard InChI is InChI=1S/C26H39NO9/c1-9-12-32-24(31)34-16(2)15-33-21(28)18(27)13-17-10-11-19(35-22(29)25(3,4)5)20(14-17)36-23(30)26(6,7)8/h10-11,14,16,18H,9,12-13,15,27H2,1-8H3/t16-,18-/m0/s1. The summed E-state index contributed by atoms with van der Waals surface area (Å²) in [7, 11) is 0. The first-order valence-electron chi connectivity index (χ1n) is 11.9. The van der Waals surface area contributed by atoms with Gasteiger partial charge in [-0.2, -0.15) is 0 Å². The highest BCUT2D eigenvalue weighted by Crippen LogP contribution is 2.33. The predicted octanol–water partition coefficient (Wildman–Crippen LogP) is 3.95. The number of hydrogen-bond donors (Lipinski definition) is 1. The molecule has 0 unspecified atom stereocenters. The molecule has 36 heavy (non-hydrogen) atoms. The molecule has 10 nitrogen and oxygen atoms in total. The average Bonchev–Trinajstić information content (AvgIpc) is 2.76. The van der Waals surface area contributed by atoms with Gasteiger partial charge in [0.15, 0.2) is 11.5 Å². The molecule has 202 valence electrons. The summed E-state index contributed by atoms with van der Waals surface area (Å²) in [6.45, 7) is 13.6. The highest BCUT2D eigenvalue weighted by Gasteiger charge is 2.28. The van der Waals surface area contributed by atoms with E-state index >= 15 is 0 Å². The van der Waals surface area contributed by atoms with Gasteiger partial charge in [0.1, 0.15) is 18.8 Å². The molecular formula is C26H39NO9. The largest absolute Gasteiger partial charge is 0.508 e. The number of carbonyl (C=O) groups is 4. The van der Waals surface area contributed by atoms with E-state index in [4.69, 9.17) is 29.4 Å². The number of esters is 3. The van der Waals surface area contributed by atoms with E-state index in [0.29, 0.717) is 12.0 Å². The Hall–Kier alpha value is -3.14. The molecule has 0 saturated heterocycles. The first kappa shape index (κ1) is 30.9. The van der Waals surface area contributed by atoms with Crippen LogP contribution in [-0.2, 0) is 35.0 Å². The summed E-state index contributed by atoms with van der Waals surface area (Å²) in [5, 5.41) is 0. The van der Waals surface area contributed by atoms with Crippen LogP contribution in [0, 0.1) is 10.8 Å². The first-order chi connectivity index (χ1) is 16.5. The van der Waals surface area contributed by atoms with Crippen LogP contribution < -0.4 is 15.2 Å². The van der Waals surface area contributed by atoms with Crippen LogP contribution >= 0.6 is 0 Å². The Balaban J connectivity index is 2.90. The minimum absolute atomic E-state index is 0.0400. The van der Waals surface area contributed by atoms with Crippen LogP contribution in [0.2, 0.25) is 0 Å². The second-order valence-electron chi connectivity index (χ2n) is 10.5. The Bertz CT molecular complexity index is 928. The molecule has 0 saturated carbocycles. The van der Waals surface area contributed by atoms with Crippen molar-refractivity contribution in [1.82, 2.24) is 0 Å². The lowest BCUT2D eigenvalue weighted by Gasteiger charge is -2.21. The SMILES string of the molecule is CCCOC(=O)O[C@@H](C)COC(=O)[C@@H](N)Cc1ccc(OC(=O)C(C)(C)C)c(OC(=O)C(C)(C)C)c1. The van der Waals surface area contributed by atoms with Crippen LogP contribution in [0.1, 0.15) is 67.4 Å². The fraction of sp³-hybridized carbons (Fsp3) is 0.615. The van der Waals surface area contributed by atoms with Gasteiger partial charge in [-0.05, 0) is 79.0 Å². The summed E-state index contributed by atoms with van der Waals surface area (Å²) in [4.78, 5) is 48.7. The van der Waals surface area contributed by atoms with Gasteiger partial charge in [0, 0.05) is 0 Å². The normalized spacial score (nSPS) is 13.2. The Labute approximate surface area is 212 Å². The molecule has 0 amide bonds. The van der Waals surface area contributed by atoms with E-state index in [1.165, 1.54) is 12.1 Å². The van der Waals surface area contributed by atoms with Crippen molar-refractivity contribution in [1.29, 1.82) is 0 Å². The Morgan fingerprint density at radius 2 is 1.44 bits per heavy atom. The van der Waals surface area contributed by atoms with Crippen molar-refractivity contribution >= 4 is 24.1 Å². The molecule has 0 aliphatic heterocycles. The van der Waals surface area contributed by atoms with Gasteiger partial charge in [-0.15, -0.1) is 0 Å². The monoisotopic (exact) mass is 509 g/mol. The van der Waals surface area contributed by atoms with Gasteiger partial charge in [0.05, 0.1) is 17.4 Å². The van der Waals surface area contributed by atoms with E-state index in [0.717, 1.165) is 0 Å². The zero-order chi connectivity index (χ0) is 27.7. The van der Waals surface area contributed by atoms with Crippen molar-refractivity contribution in [3.05, 3.63) is 23.8 Å². The zero-order valence-electron chi connectivity index (χ0n) is 22.5. The van der Waals surface area contributed by atoms with E-state index in [1.807, 2.05) is 6.92 Å². The molecule has 2 N–H and O–H groups in total. The summed E-state index contributed by atoms with van der Waals surface area (Å²) in [5.74, 6) is -1.61. The first-order valence-corrected chi connectivity index (χ1v) is 11.9. The van der Waals surface area contributed by atoms with Crippen LogP contribution in [0.5, 0.6) is 11.5 Å². The van der Waals surface area contributed by atoms with E-state index < -0.39 is 47.0 Å². The summed E-state index contributed by atoms with van der Waals surface area (Å²) in [6.07, 6.45) is -0.843. The van der Waals surface area contributed by atoms with Crippen LogP contribution in [0.15, 0.2) is 18.2 Å². The van der Waals surface area contributed by atoms with E-state index in [9.17, 15) is 19.2 Å². The number of rotatable bonds is 10. The molecule has 0 heterocycles. The summed E-state index contributed by atoms with van der Waals surface area (Å²) < 4.78 is 25.9. The summed E-state index contributed by atoms with van der Waals surface area (Å²) >= 11 is 0. The summed E-state index contributed by atoms with van der Waals surface area (Å²) in [6, 6.07) is 3.55. The number of carbonyl (C=O) groups excluding carboxylic acids is 4. The molecule has 10 heteroatoms. The minimum Gasteiger partial charge on any atom is -0.461 e. The number of ether oxygens (including phenoxy) is 5. The van der Waals surface area contributed by atoms with Crippen molar-refractivity contribution in [2.24, 2.45) is 16.6 Å². The number of nitrogens with two attached hydrogens (primary N) is 1. The van der Waals surface area contributed by atoms with E-state index in [-0.39, 0.29) is 31.1 Å². The fourth-order valence-corrected chi connectivity index (χ4v) is 2.41. The van der Waals surface area contributed by atoms with Crippen LogP contribution in [0.4, 0.5) is 4.79 Å². The Morgan fingerprint density at radius 3 is 1.97 bits per heavy atom. The zero-order valence-corrected chi connectivity index (χ0v) is 22.5. The van der Waals surface area contributed by atoms with Gasteiger partial charge in [0.25, 0.3) is 0 Å². The predicted molar refractivity (Wildman–Crippen MR) is 131 cm³/mol. The molecule has 1 aromatic rings. The average molecular weight is 510 g/mol. The molecule has 0 radical (unpaired) electrons. The third-order valence-corrected chi connectivity index (χ3v) is 4.58. The maximum absolute atomic E-state index is 12.5. The molecule has 0 spiro atoms. The number of hydrogen-bond acceptors (Lipinski definition) is 10. The third-order valence-electron chi connectivity index (χ3n) is 4.58. The summed E-state index contributed by atoms with van der Waals surface area (Å²) in [5.41, 5.74) is 4.98. The molecule has 1 rings (SSSR count). The molecule has 2 atom stereocenters. The smallest absolute Gasteiger partial charge is 0.461 e. The van der Waals surface area contributed by atoms with Gasteiger partial charge in [-0.1, -0.05) is 13.0 Å². The van der Waals surface area contributed by atoms with Gasteiger partial charge in [0.2, 0.25) is 0 Å². The van der Waals surface area contributed by atoms with Crippen LogP contribution in [0.25, 0.3) is 0 Å². The lowest BCUT2D eigenvalue weighted by atomic mass is 9.97. The van der Waals surface area contributed by atoms with E-state index in [1.54, 1.807) is 54.5 Å². The van der Waals surface area contributed by atoms with Gasteiger partial charge < -0.3 is 29.4 Å². The van der Waals surface area contributed by atoms with Crippen molar-refractivity contribution in [3.8, 4) is 11.5 Å². The van der Waals surface area contributed by atoms with Gasteiger partial charge >= 0.3 is 24.1 Å². The van der Waals surface area contributed by atoms with Gasteiger partial charge in [-0.25, -0.2) is 4.79 Å². The quantitative estimate of drug-likeness (QED) is 0.364. The minimum atomic E-state index is -1.04. The third kappa shape index (κ3) is 10.6. The van der Waals surface area contributed by atoms with Crippen LogP contribution in [0.3, 0.4) is 0 Å². The molecule has 0 aromatic heterocycles. The Morgan fingerprint density at radius 1 is 0.889 bits per heavy atom. The van der Waals surface area contributed by atoms with Gasteiger partial charge in [-0.3, -0.25) is 14.4 Å². The Kier molecular flexibility index (Phi) is 11.4. The van der Waals surface area contributed by atoms with Crippen LogP contribution in [-0.4, -0.2) is 49.4 Å². The fourth-order valence-electron chi connectivity index (χ4n) is 2.41. The molecule has 0 bridgehead atoms. The second-order valence-corrected chi connectivity index (χ2v) is 10.5. The van der Waals surface area contributed by atoms with Crippen molar-refractivity contribution in [2.75, 3.05) is 13.2 Å². The molecule has 0 aliphatic rings.